The van der Waals surface area contributed by atoms with Gasteiger partial charge in [0.25, 0.3) is 5.91 Å². The van der Waals surface area contributed by atoms with E-state index in [0.717, 1.165) is 82.0 Å². The third-order valence-corrected chi connectivity index (χ3v) is 8.17. The van der Waals surface area contributed by atoms with Gasteiger partial charge in [-0.25, -0.2) is 0 Å². The molecule has 38 heavy (non-hydrogen) atoms. The number of hydrogen-bond acceptors (Lipinski definition) is 5. The number of piperazine rings is 1. The van der Waals surface area contributed by atoms with Gasteiger partial charge in [-0.3, -0.25) is 9.69 Å². The molecule has 0 spiro atoms. The molecule has 2 aliphatic rings. The van der Waals surface area contributed by atoms with E-state index in [9.17, 15) is 4.79 Å². The van der Waals surface area contributed by atoms with Crippen LogP contribution in [0.5, 0.6) is 5.75 Å². The second-order valence-electron chi connectivity index (χ2n) is 10.7. The van der Waals surface area contributed by atoms with Crippen LogP contribution in [-0.4, -0.2) is 86.7 Å². The average molecular weight is 518 g/mol. The van der Waals surface area contributed by atoms with Gasteiger partial charge in [-0.05, 0) is 99.8 Å². The van der Waals surface area contributed by atoms with E-state index < -0.39 is 0 Å². The quantitative estimate of drug-likeness (QED) is 0.366. The number of methoxy groups -OCH3 is 1. The van der Waals surface area contributed by atoms with Crippen LogP contribution in [0.4, 0.5) is 5.69 Å². The van der Waals surface area contributed by atoms with Crippen molar-refractivity contribution in [3.63, 3.8) is 0 Å². The second kappa shape index (κ2) is 13.2. The van der Waals surface area contributed by atoms with Crippen LogP contribution < -0.4 is 15.0 Å². The van der Waals surface area contributed by atoms with Gasteiger partial charge in [-0.1, -0.05) is 6.42 Å². The number of nitrogens with one attached hydrogen (secondary N) is 2. The first-order valence-electron chi connectivity index (χ1n) is 14.4. The summed E-state index contributed by atoms with van der Waals surface area (Å²) in [5, 5.41) is 4.31. The summed E-state index contributed by atoms with van der Waals surface area (Å²) in [6.07, 6.45) is 9.39. The van der Waals surface area contributed by atoms with E-state index in [1.165, 1.54) is 42.3 Å². The number of carbonyl (C=O) groups is 1. The molecule has 2 saturated heterocycles. The number of piperidine rings is 1. The van der Waals surface area contributed by atoms with Gasteiger partial charge in [0.2, 0.25) is 0 Å². The number of rotatable bonds is 11. The van der Waals surface area contributed by atoms with Gasteiger partial charge in [0.05, 0.1) is 7.11 Å². The molecule has 0 radical (unpaired) electrons. The Labute approximate surface area is 227 Å². The summed E-state index contributed by atoms with van der Waals surface area (Å²) in [5.41, 5.74) is 4.46. The molecule has 0 saturated carbocycles. The van der Waals surface area contributed by atoms with Crippen LogP contribution in [0.3, 0.4) is 0 Å². The Balaban J connectivity index is 1.04. The van der Waals surface area contributed by atoms with Gasteiger partial charge in [0.15, 0.2) is 0 Å². The van der Waals surface area contributed by atoms with Crippen molar-refractivity contribution in [1.82, 2.24) is 20.1 Å². The van der Waals surface area contributed by atoms with E-state index in [-0.39, 0.29) is 5.91 Å². The summed E-state index contributed by atoms with van der Waals surface area (Å²) in [4.78, 5) is 23.7. The van der Waals surface area contributed by atoms with Crippen molar-refractivity contribution in [3.8, 4) is 5.75 Å². The Hall–Kier alpha value is -3.03. The Morgan fingerprint density at radius 2 is 1.66 bits per heavy atom. The first-order valence-corrected chi connectivity index (χ1v) is 14.4. The van der Waals surface area contributed by atoms with E-state index in [2.05, 4.69) is 49.4 Å². The smallest absolute Gasteiger partial charge is 0.251 e. The van der Waals surface area contributed by atoms with Gasteiger partial charge >= 0.3 is 0 Å². The number of benzene rings is 2. The molecule has 2 fully saturated rings. The van der Waals surface area contributed by atoms with Crippen molar-refractivity contribution < 1.29 is 9.53 Å². The number of H-pyrrole nitrogens is 1. The van der Waals surface area contributed by atoms with Crippen molar-refractivity contribution in [3.05, 3.63) is 59.8 Å². The lowest BCUT2D eigenvalue weighted by molar-refractivity contribution is 0.0946. The fourth-order valence-corrected chi connectivity index (χ4v) is 5.81. The maximum absolute atomic E-state index is 12.8. The highest BCUT2D eigenvalue weighted by atomic mass is 16.5. The highest BCUT2D eigenvalue weighted by molar-refractivity contribution is 5.98. The normalized spacial score (nSPS) is 17.1. The fourth-order valence-electron chi connectivity index (χ4n) is 5.81. The zero-order valence-electron chi connectivity index (χ0n) is 22.9. The number of unbranched alkanes of at least 4 members (excludes halogenated alkanes) is 1. The number of nitrogens with zero attached hydrogens (tertiary/aromatic N) is 3. The SMILES string of the molecule is COc1ccc(N2CCN(CCCCc3c[nH]c4ccc(C(=O)NCCN5CCCCC5)cc34)CC2)cc1. The number of aryl methyl sites for hydroxylation is 1. The Kier molecular flexibility index (Phi) is 9.20. The number of ether oxygens (including phenoxy) is 1. The van der Waals surface area contributed by atoms with Gasteiger partial charge in [0.1, 0.15) is 5.75 Å². The van der Waals surface area contributed by atoms with Crippen molar-refractivity contribution in [1.29, 1.82) is 0 Å². The first-order chi connectivity index (χ1) is 18.7. The molecular weight excluding hydrogens is 474 g/mol. The number of amides is 1. The van der Waals surface area contributed by atoms with E-state index in [1.807, 2.05) is 24.3 Å². The summed E-state index contributed by atoms with van der Waals surface area (Å²) in [6, 6.07) is 14.4. The number of fused-ring (bicyclic) bond motifs is 1. The summed E-state index contributed by atoms with van der Waals surface area (Å²) in [6.45, 7) is 9.47. The zero-order chi connectivity index (χ0) is 26.2. The van der Waals surface area contributed by atoms with Gasteiger partial charge < -0.3 is 24.8 Å². The molecule has 204 valence electrons. The van der Waals surface area contributed by atoms with Crippen molar-refractivity contribution in [2.45, 2.75) is 38.5 Å². The van der Waals surface area contributed by atoms with Crippen LogP contribution in [0.25, 0.3) is 10.9 Å². The molecule has 0 unspecified atom stereocenters. The molecule has 2 N–H and O–H groups in total. The highest BCUT2D eigenvalue weighted by Gasteiger charge is 2.17. The fraction of sp³-hybridized carbons (Fsp3) is 0.516. The number of aromatic nitrogens is 1. The molecule has 1 aromatic heterocycles. The first kappa shape index (κ1) is 26.6. The topological polar surface area (TPSA) is 63.8 Å². The highest BCUT2D eigenvalue weighted by Crippen LogP contribution is 2.23. The monoisotopic (exact) mass is 517 g/mol. The van der Waals surface area contributed by atoms with Crippen molar-refractivity contribution >= 4 is 22.5 Å². The van der Waals surface area contributed by atoms with Gasteiger partial charge in [0, 0.05) is 67.6 Å². The van der Waals surface area contributed by atoms with Gasteiger partial charge in [-0.2, -0.15) is 0 Å². The predicted molar refractivity (Wildman–Crippen MR) is 156 cm³/mol. The molecular formula is C31H43N5O2. The molecule has 0 atom stereocenters. The maximum atomic E-state index is 12.8. The summed E-state index contributed by atoms with van der Waals surface area (Å²) < 4.78 is 5.28. The minimum Gasteiger partial charge on any atom is -0.497 e. The molecule has 2 aliphatic heterocycles. The largest absolute Gasteiger partial charge is 0.497 e. The number of hydrogen-bond donors (Lipinski definition) is 2. The third-order valence-electron chi connectivity index (χ3n) is 8.17. The van der Waals surface area contributed by atoms with E-state index in [4.69, 9.17) is 4.74 Å². The molecule has 5 rings (SSSR count). The van der Waals surface area contributed by atoms with Crippen LogP contribution in [0.15, 0.2) is 48.7 Å². The third kappa shape index (κ3) is 6.88. The lowest BCUT2D eigenvalue weighted by Gasteiger charge is -2.36. The standard InChI is InChI=1S/C31H43N5O2/c1-38-28-11-9-27(10-12-28)36-21-19-35(20-22-36)17-6-3-7-26-24-33-30-13-8-25(23-29(26)30)31(37)32-14-18-34-15-4-2-5-16-34/h8-13,23-24,33H,2-7,14-22H2,1H3,(H,32,37). The van der Waals surface area contributed by atoms with E-state index in [0.29, 0.717) is 6.54 Å². The Bertz CT molecular complexity index is 1160. The van der Waals surface area contributed by atoms with E-state index >= 15 is 0 Å². The molecule has 0 bridgehead atoms. The van der Waals surface area contributed by atoms with Crippen molar-refractivity contribution in [2.24, 2.45) is 0 Å². The molecule has 3 heterocycles. The van der Waals surface area contributed by atoms with Gasteiger partial charge in [-0.15, -0.1) is 0 Å². The molecule has 2 aromatic carbocycles. The predicted octanol–water partition coefficient (Wildman–Crippen LogP) is 4.54. The van der Waals surface area contributed by atoms with Crippen LogP contribution >= 0.6 is 0 Å². The van der Waals surface area contributed by atoms with Crippen LogP contribution in [0.1, 0.15) is 48.0 Å². The van der Waals surface area contributed by atoms with Crippen molar-refractivity contribution in [2.75, 3.05) is 70.9 Å². The maximum Gasteiger partial charge on any atom is 0.251 e. The number of anilines is 1. The van der Waals surface area contributed by atoms with Crippen LogP contribution in [-0.2, 0) is 6.42 Å². The Morgan fingerprint density at radius 1 is 0.895 bits per heavy atom. The number of aromatic amines is 1. The lowest BCUT2D eigenvalue weighted by Crippen LogP contribution is -2.46. The molecule has 1 amide bonds. The summed E-state index contributed by atoms with van der Waals surface area (Å²) in [5.74, 6) is 0.940. The molecule has 7 heteroatoms. The summed E-state index contributed by atoms with van der Waals surface area (Å²) in [7, 11) is 1.71. The molecule has 7 nitrogen and oxygen atoms in total. The minimum absolute atomic E-state index is 0.0323. The average Bonchev–Trinajstić information content (AvgIpc) is 3.38. The lowest BCUT2D eigenvalue weighted by atomic mass is 10.0. The Morgan fingerprint density at radius 3 is 2.42 bits per heavy atom. The minimum atomic E-state index is 0.0323. The number of carbonyl (C=O) groups excluding carboxylic acids is 1. The van der Waals surface area contributed by atoms with Crippen LogP contribution in [0.2, 0.25) is 0 Å². The molecule has 3 aromatic rings. The second-order valence-corrected chi connectivity index (χ2v) is 10.7. The summed E-state index contributed by atoms with van der Waals surface area (Å²) >= 11 is 0. The number of likely N-dealkylation sites (tertiary alicyclic amines) is 1. The zero-order valence-corrected chi connectivity index (χ0v) is 22.9. The van der Waals surface area contributed by atoms with Crippen LogP contribution in [0, 0.1) is 0 Å². The molecule has 0 aliphatic carbocycles. The van der Waals surface area contributed by atoms with E-state index in [1.54, 1.807) is 7.11 Å².